The lowest BCUT2D eigenvalue weighted by atomic mass is 10.1. The Morgan fingerprint density at radius 1 is 1.06 bits per heavy atom. The van der Waals surface area contributed by atoms with Crippen molar-refractivity contribution in [2.75, 3.05) is 19.0 Å². The zero-order chi connectivity index (χ0) is 23.1. The van der Waals surface area contributed by atoms with Gasteiger partial charge in [-0.2, -0.15) is 5.10 Å². The molecule has 1 unspecified atom stereocenters. The topological polar surface area (TPSA) is 132 Å². The molecular formula is C22H22N4O6. The lowest BCUT2D eigenvalue weighted by Crippen LogP contribution is -2.18. The van der Waals surface area contributed by atoms with Gasteiger partial charge in [0.25, 0.3) is 5.91 Å². The monoisotopic (exact) mass is 438 g/mol. The van der Waals surface area contributed by atoms with Crippen molar-refractivity contribution < 1.29 is 23.8 Å². The second kappa shape index (κ2) is 10.3. The maximum Gasteiger partial charge on any atom is 0.316 e. The maximum atomic E-state index is 12.8. The molecule has 0 fully saturated rings. The van der Waals surface area contributed by atoms with Crippen LogP contribution in [0.5, 0.6) is 17.2 Å². The SMILES string of the molecule is COCC(C)Oc1cc(Oc2ccc(C(=O)N=O)cc2)cc(C(=O)Nc2cc(C)[nH]n2)c1. The van der Waals surface area contributed by atoms with Crippen LogP contribution in [-0.4, -0.2) is 41.8 Å². The number of hydrogen-bond donors (Lipinski definition) is 2. The van der Waals surface area contributed by atoms with E-state index in [4.69, 9.17) is 14.2 Å². The molecule has 166 valence electrons. The highest BCUT2D eigenvalue weighted by Crippen LogP contribution is 2.29. The van der Waals surface area contributed by atoms with Crippen LogP contribution in [0.2, 0.25) is 0 Å². The molecule has 0 saturated carbocycles. The van der Waals surface area contributed by atoms with Gasteiger partial charge < -0.3 is 19.5 Å². The number of amides is 2. The van der Waals surface area contributed by atoms with Crippen LogP contribution in [-0.2, 0) is 4.74 Å². The fourth-order valence-electron chi connectivity index (χ4n) is 2.86. The van der Waals surface area contributed by atoms with E-state index >= 15 is 0 Å². The molecule has 1 heterocycles. The average Bonchev–Trinajstić information content (AvgIpc) is 3.18. The summed E-state index contributed by atoms with van der Waals surface area (Å²) in [5, 5.41) is 11.9. The van der Waals surface area contributed by atoms with Crippen molar-refractivity contribution in [1.82, 2.24) is 10.2 Å². The van der Waals surface area contributed by atoms with Crippen LogP contribution in [0.3, 0.4) is 0 Å². The first-order chi connectivity index (χ1) is 15.4. The summed E-state index contributed by atoms with van der Waals surface area (Å²) in [5.41, 5.74) is 1.24. The molecule has 0 aliphatic heterocycles. The molecule has 2 amide bonds. The highest BCUT2D eigenvalue weighted by atomic mass is 16.5. The van der Waals surface area contributed by atoms with Gasteiger partial charge in [-0.1, -0.05) is 0 Å². The quantitative estimate of drug-likeness (QED) is 0.481. The van der Waals surface area contributed by atoms with Gasteiger partial charge in [-0.15, -0.1) is 4.91 Å². The Balaban J connectivity index is 1.86. The first-order valence-electron chi connectivity index (χ1n) is 9.67. The summed E-state index contributed by atoms with van der Waals surface area (Å²) < 4.78 is 16.8. The van der Waals surface area contributed by atoms with Crippen molar-refractivity contribution in [3.8, 4) is 17.2 Å². The van der Waals surface area contributed by atoms with E-state index in [1.165, 1.54) is 24.3 Å². The number of carbonyl (C=O) groups is 2. The fourth-order valence-corrected chi connectivity index (χ4v) is 2.86. The third-order valence-electron chi connectivity index (χ3n) is 4.25. The van der Waals surface area contributed by atoms with Crippen molar-refractivity contribution in [2.24, 2.45) is 5.18 Å². The molecule has 2 aromatic carbocycles. The zero-order valence-corrected chi connectivity index (χ0v) is 17.7. The number of nitrogens with zero attached hydrogens (tertiary/aromatic N) is 2. The minimum absolute atomic E-state index is 0.146. The Labute approximate surface area is 183 Å². The van der Waals surface area contributed by atoms with Crippen LogP contribution in [0.1, 0.15) is 33.3 Å². The van der Waals surface area contributed by atoms with Crippen LogP contribution in [0.15, 0.2) is 53.7 Å². The van der Waals surface area contributed by atoms with Crippen molar-refractivity contribution >= 4 is 17.6 Å². The van der Waals surface area contributed by atoms with Crippen LogP contribution in [0.4, 0.5) is 5.82 Å². The molecule has 10 nitrogen and oxygen atoms in total. The summed E-state index contributed by atoms with van der Waals surface area (Å²) in [7, 11) is 1.57. The summed E-state index contributed by atoms with van der Waals surface area (Å²) in [6.07, 6.45) is -0.263. The number of nitrogens with one attached hydrogen (secondary N) is 2. The van der Waals surface area contributed by atoms with Crippen molar-refractivity contribution in [3.63, 3.8) is 0 Å². The van der Waals surface area contributed by atoms with Crippen LogP contribution in [0, 0.1) is 11.8 Å². The lowest BCUT2D eigenvalue weighted by Gasteiger charge is -2.16. The van der Waals surface area contributed by atoms with E-state index in [1.54, 1.807) is 31.4 Å². The molecular weight excluding hydrogens is 416 g/mol. The van der Waals surface area contributed by atoms with E-state index in [-0.39, 0.29) is 11.7 Å². The molecule has 0 aliphatic rings. The highest BCUT2D eigenvalue weighted by Gasteiger charge is 2.14. The molecule has 0 aliphatic carbocycles. The molecule has 0 saturated heterocycles. The van der Waals surface area contributed by atoms with Gasteiger partial charge in [-0.3, -0.25) is 14.7 Å². The third-order valence-corrected chi connectivity index (χ3v) is 4.25. The van der Waals surface area contributed by atoms with Gasteiger partial charge >= 0.3 is 5.91 Å². The van der Waals surface area contributed by atoms with E-state index in [1.807, 2.05) is 13.8 Å². The van der Waals surface area contributed by atoms with Gasteiger partial charge in [-0.25, -0.2) is 0 Å². The Hall–Kier alpha value is -4.05. The molecule has 3 aromatic rings. The maximum absolute atomic E-state index is 12.8. The predicted octanol–water partition coefficient (Wildman–Crippen LogP) is 4.08. The van der Waals surface area contributed by atoms with Crippen LogP contribution < -0.4 is 14.8 Å². The number of anilines is 1. The van der Waals surface area contributed by atoms with Gasteiger partial charge in [0, 0.05) is 41.2 Å². The van der Waals surface area contributed by atoms with Crippen LogP contribution in [0.25, 0.3) is 0 Å². The van der Waals surface area contributed by atoms with E-state index in [0.29, 0.717) is 35.2 Å². The number of hydrogen-bond acceptors (Lipinski definition) is 7. The third kappa shape index (κ3) is 5.99. The first-order valence-corrected chi connectivity index (χ1v) is 9.67. The van der Waals surface area contributed by atoms with Crippen molar-refractivity contribution in [2.45, 2.75) is 20.0 Å². The van der Waals surface area contributed by atoms with Gasteiger partial charge in [0.1, 0.15) is 23.4 Å². The smallest absolute Gasteiger partial charge is 0.316 e. The number of H-pyrrole nitrogens is 1. The number of aromatic nitrogens is 2. The molecule has 0 radical (unpaired) electrons. The molecule has 1 atom stereocenters. The highest BCUT2D eigenvalue weighted by molar-refractivity contribution is 6.04. The summed E-state index contributed by atoms with van der Waals surface area (Å²) in [6.45, 7) is 4.02. The van der Waals surface area contributed by atoms with Gasteiger partial charge in [0.05, 0.1) is 6.61 Å². The van der Waals surface area contributed by atoms with E-state index in [0.717, 1.165) is 5.69 Å². The number of nitroso groups, excluding NO2 is 1. The number of rotatable bonds is 9. The minimum Gasteiger partial charge on any atom is -0.488 e. The summed E-state index contributed by atoms with van der Waals surface area (Å²) in [5.74, 6) is 0.258. The summed E-state index contributed by atoms with van der Waals surface area (Å²) in [4.78, 5) is 34.5. The second-order valence-electron chi connectivity index (χ2n) is 6.99. The molecule has 0 bridgehead atoms. The lowest BCUT2D eigenvalue weighted by molar-refractivity contribution is 0.0915. The van der Waals surface area contributed by atoms with E-state index in [9.17, 15) is 14.5 Å². The number of aromatic amines is 1. The Kier molecular flexibility index (Phi) is 7.29. The molecule has 0 spiro atoms. The molecule has 3 rings (SSSR count). The standard InChI is InChI=1S/C22H22N4O6/c1-13-8-20(25-24-13)23-21(27)16-9-18(31-14(2)12-30-3)11-19(10-16)32-17-6-4-15(5-7-17)22(28)26-29/h4-11,14H,12H2,1-3H3,(H2,23,24,25,27). The molecule has 10 heteroatoms. The Morgan fingerprint density at radius 3 is 2.41 bits per heavy atom. The van der Waals surface area contributed by atoms with E-state index in [2.05, 4.69) is 20.7 Å². The predicted molar refractivity (Wildman–Crippen MR) is 116 cm³/mol. The summed E-state index contributed by atoms with van der Waals surface area (Å²) in [6, 6.07) is 12.4. The Morgan fingerprint density at radius 2 is 1.78 bits per heavy atom. The normalized spacial score (nSPS) is 11.5. The molecule has 1 aromatic heterocycles. The largest absolute Gasteiger partial charge is 0.488 e. The van der Waals surface area contributed by atoms with Crippen LogP contribution >= 0.6 is 0 Å². The molecule has 2 N–H and O–H groups in total. The van der Waals surface area contributed by atoms with Gasteiger partial charge in [0.2, 0.25) is 0 Å². The number of ether oxygens (including phenoxy) is 3. The van der Waals surface area contributed by atoms with Gasteiger partial charge in [-0.05, 0) is 50.2 Å². The Bertz CT molecular complexity index is 1110. The van der Waals surface area contributed by atoms with E-state index < -0.39 is 11.8 Å². The van der Waals surface area contributed by atoms with Gasteiger partial charge in [0.15, 0.2) is 5.82 Å². The minimum atomic E-state index is -0.869. The average molecular weight is 438 g/mol. The van der Waals surface area contributed by atoms with Crippen molar-refractivity contribution in [3.05, 3.63) is 70.3 Å². The molecule has 32 heavy (non-hydrogen) atoms. The number of methoxy groups -OCH3 is 1. The first kappa shape index (κ1) is 22.6. The number of benzene rings is 2. The zero-order valence-electron chi connectivity index (χ0n) is 17.7. The van der Waals surface area contributed by atoms with Crippen molar-refractivity contribution in [1.29, 1.82) is 0 Å². The fraction of sp³-hybridized carbons (Fsp3) is 0.227. The number of aryl methyl sites for hydroxylation is 1. The second-order valence-corrected chi connectivity index (χ2v) is 6.99. The summed E-state index contributed by atoms with van der Waals surface area (Å²) >= 11 is 0. The number of carbonyl (C=O) groups excluding carboxylic acids is 2.